The fraction of sp³-hybridized carbons (Fsp3) is 0.185. The molecule has 1 aromatic heterocycles. The lowest BCUT2D eigenvalue weighted by Gasteiger charge is -2.16. The highest BCUT2D eigenvalue weighted by atomic mass is 16.3. The second kappa shape index (κ2) is 9.10. The minimum absolute atomic E-state index is 0.756. The third-order valence-corrected chi connectivity index (χ3v) is 5.51. The van der Waals surface area contributed by atoms with Crippen molar-refractivity contribution in [3.63, 3.8) is 0 Å². The number of benzene rings is 3. The molecule has 0 aliphatic carbocycles. The number of aryl methyl sites for hydroxylation is 2. The lowest BCUT2D eigenvalue weighted by molar-refractivity contribution is 0.603. The number of hydrogen-bond acceptors (Lipinski definition) is 5. The van der Waals surface area contributed by atoms with Crippen LogP contribution >= 0.6 is 0 Å². The SMILES string of the molecule is C/C(=N\N(C)c1ccccc1C)c1cc2cc(/C=N/N(C)c3ccccc3C)ccc2o1. The first-order valence-electron chi connectivity index (χ1n) is 10.6. The predicted octanol–water partition coefficient (Wildman–Crippen LogP) is 6.38. The molecule has 3 aromatic carbocycles. The largest absolute Gasteiger partial charge is 0.455 e. The molecular formula is C27H28N4O. The molecule has 0 unspecified atom stereocenters. The van der Waals surface area contributed by atoms with Crippen LogP contribution in [0, 0.1) is 13.8 Å². The van der Waals surface area contributed by atoms with Gasteiger partial charge >= 0.3 is 0 Å². The predicted molar refractivity (Wildman–Crippen MR) is 135 cm³/mol. The highest BCUT2D eigenvalue weighted by Gasteiger charge is 2.10. The molecule has 0 bridgehead atoms. The molecule has 0 N–H and O–H groups in total. The molecule has 4 aromatic rings. The highest BCUT2D eigenvalue weighted by molar-refractivity contribution is 6.01. The monoisotopic (exact) mass is 424 g/mol. The van der Waals surface area contributed by atoms with E-state index in [1.54, 1.807) is 0 Å². The van der Waals surface area contributed by atoms with Gasteiger partial charge in [-0.2, -0.15) is 10.2 Å². The van der Waals surface area contributed by atoms with Crippen molar-refractivity contribution in [3.05, 3.63) is 95.2 Å². The van der Waals surface area contributed by atoms with E-state index in [0.717, 1.165) is 39.4 Å². The summed E-state index contributed by atoms with van der Waals surface area (Å²) in [5.41, 5.74) is 7.18. The Balaban J connectivity index is 1.55. The Morgan fingerprint density at radius 2 is 1.44 bits per heavy atom. The van der Waals surface area contributed by atoms with Crippen LogP contribution in [0.1, 0.15) is 29.4 Å². The Labute approximate surface area is 189 Å². The first kappa shape index (κ1) is 21.4. The molecule has 0 aliphatic rings. The summed E-state index contributed by atoms with van der Waals surface area (Å²) in [4.78, 5) is 0. The molecule has 0 radical (unpaired) electrons. The van der Waals surface area contributed by atoms with Crippen molar-refractivity contribution in [2.75, 3.05) is 24.1 Å². The van der Waals surface area contributed by atoms with E-state index < -0.39 is 0 Å². The molecule has 0 saturated carbocycles. The van der Waals surface area contributed by atoms with Crippen molar-refractivity contribution in [3.8, 4) is 0 Å². The minimum atomic E-state index is 0.756. The quantitative estimate of drug-likeness (QED) is 0.266. The van der Waals surface area contributed by atoms with Crippen LogP contribution in [-0.2, 0) is 0 Å². The van der Waals surface area contributed by atoms with Crippen molar-refractivity contribution in [2.24, 2.45) is 10.2 Å². The van der Waals surface area contributed by atoms with Crippen LogP contribution in [0.4, 0.5) is 11.4 Å². The fourth-order valence-electron chi connectivity index (χ4n) is 3.72. The lowest BCUT2D eigenvalue weighted by Crippen LogP contribution is -2.13. The van der Waals surface area contributed by atoms with Gasteiger partial charge in [0.05, 0.1) is 17.6 Å². The summed E-state index contributed by atoms with van der Waals surface area (Å²) in [6, 6.07) is 24.5. The first-order valence-corrected chi connectivity index (χ1v) is 10.6. The molecule has 0 aliphatic heterocycles. The maximum atomic E-state index is 6.05. The number of hydrogen-bond donors (Lipinski definition) is 0. The number of rotatable bonds is 6. The molecule has 5 nitrogen and oxygen atoms in total. The van der Waals surface area contributed by atoms with Gasteiger partial charge in [-0.05, 0) is 73.9 Å². The van der Waals surface area contributed by atoms with Crippen LogP contribution in [0.3, 0.4) is 0 Å². The Kier molecular flexibility index (Phi) is 6.08. The number of para-hydroxylation sites is 2. The van der Waals surface area contributed by atoms with Gasteiger partial charge in [0.25, 0.3) is 0 Å². The van der Waals surface area contributed by atoms with Crippen molar-refractivity contribution < 1.29 is 4.42 Å². The maximum absolute atomic E-state index is 6.05. The first-order chi connectivity index (χ1) is 15.4. The second-order valence-corrected chi connectivity index (χ2v) is 7.96. The number of fused-ring (bicyclic) bond motifs is 1. The lowest BCUT2D eigenvalue weighted by atomic mass is 10.1. The van der Waals surface area contributed by atoms with E-state index in [9.17, 15) is 0 Å². The van der Waals surface area contributed by atoms with Crippen LogP contribution in [0.2, 0.25) is 0 Å². The van der Waals surface area contributed by atoms with Gasteiger partial charge in [-0.25, -0.2) is 0 Å². The van der Waals surface area contributed by atoms with E-state index in [2.05, 4.69) is 49.3 Å². The minimum Gasteiger partial charge on any atom is -0.455 e. The van der Waals surface area contributed by atoms with Crippen molar-refractivity contribution in [2.45, 2.75) is 20.8 Å². The molecule has 0 atom stereocenters. The van der Waals surface area contributed by atoms with Crippen LogP contribution in [-0.4, -0.2) is 26.0 Å². The van der Waals surface area contributed by atoms with Gasteiger partial charge in [-0.15, -0.1) is 0 Å². The number of furan rings is 1. The summed E-state index contributed by atoms with van der Waals surface area (Å²) in [6.45, 7) is 6.13. The van der Waals surface area contributed by atoms with E-state index in [1.165, 1.54) is 11.1 Å². The zero-order valence-corrected chi connectivity index (χ0v) is 19.2. The summed E-state index contributed by atoms with van der Waals surface area (Å²) in [5.74, 6) is 0.756. The third kappa shape index (κ3) is 4.57. The van der Waals surface area contributed by atoms with Crippen LogP contribution in [0.5, 0.6) is 0 Å². The standard InChI is InChI=1S/C27H28N4O/c1-19-10-6-8-12-24(19)30(4)28-18-22-14-15-26-23(16-22)17-27(32-26)21(3)29-31(5)25-13-9-7-11-20(25)2/h6-18H,1-5H3/b28-18+,29-21+. The molecule has 0 amide bonds. The summed E-state index contributed by atoms with van der Waals surface area (Å²) >= 11 is 0. The average Bonchev–Trinajstić information content (AvgIpc) is 3.21. The molecule has 0 fully saturated rings. The number of anilines is 2. The van der Waals surface area contributed by atoms with Crippen LogP contribution in [0.15, 0.2) is 87.4 Å². The van der Waals surface area contributed by atoms with Gasteiger partial charge in [0.15, 0.2) is 5.76 Å². The Bertz CT molecular complexity index is 1300. The maximum Gasteiger partial charge on any atom is 0.151 e. The molecular weight excluding hydrogens is 396 g/mol. The van der Waals surface area contributed by atoms with E-state index in [4.69, 9.17) is 9.52 Å². The smallest absolute Gasteiger partial charge is 0.151 e. The molecule has 1 heterocycles. The second-order valence-electron chi connectivity index (χ2n) is 7.96. The Morgan fingerprint density at radius 3 is 2.09 bits per heavy atom. The molecule has 32 heavy (non-hydrogen) atoms. The summed E-state index contributed by atoms with van der Waals surface area (Å²) in [5, 5.41) is 14.1. The summed E-state index contributed by atoms with van der Waals surface area (Å²) < 4.78 is 6.05. The van der Waals surface area contributed by atoms with Gasteiger partial charge in [0.2, 0.25) is 0 Å². The third-order valence-electron chi connectivity index (χ3n) is 5.51. The highest BCUT2D eigenvalue weighted by Crippen LogP contribution is 2.23. The van der Waals surface area contributed by atoms with Gasteiger partial charge in [0.1, 0.15) is 11.3 Å². The van der Waals surface area contributed by atoms with Gasteiger partial charge in [-0.3, -0.25) is 10.0 Å². The van der Waals surface area contributed by atoms with E-state index in [1.807, 2.05) is 79.7 Å². The molecule has 0 spiro atoms. The van der Waals surface area contributed by atoms with Crippen LogP contribution in [0.25, 0.3) is 11.0 Å². The normalized spacial score (nSPS) is 12.0. The topological polar surface area (TPSA) is 44.3 Å². The average molecular weight is 425 g/mol. The van der Waals surface area contributed by atoms with Gasteiger partial charge < -0.3 is 4.42 Å². The van der Waals surface area contributed by atoms with E-state index in [0.29, 0.717) is 0 Å². The zero-order chi connectivity index (χ0) is 22.7. The van der Waals surface area contributed by atoms with Crippen LogP contribution < -0.4 is 10.0 Å². The van der Waals surface area contributed by atoms with Crippen molar-refractivity contribution >= 4 is 34.3 Å². The number of nitrogens with zero attached hydrogens (tertiary/aromatic N) is 4. The molecule has 5 heteroatoms. The van der Waals surface area contributed by atoms with E-state index in [-0.39, 0.29) is 0 Å². The van der Waals surface area contributed by atoms with Crippen molar-refractivity contribution in [1.82, 2.24) is 0 Å². The number of hydrazone groups is 2. The summed E-state index contributed by atoms with van der Waals surface area (Å²) in [7, 11) is 3.91. The Morgan fingerprint density at radius 1 is 0.812 bits per heavy atom. The van der Waals surface area contributed by atoms with Gasteiger partial charge in [-0.1, -0.05) is 36.4 Å². The van der Waals surface area contributed by atoms with E-state index >= 15 is 0 Å². The Hall–Kier alpha value is -3.86. The molecule has 0 saturated heterocycles. The van der Waals surface area contributed by atoms with Gasteiger partial charge in [0, 0.05) is 19.5 Å². The molecule has 162 valence electrons. The molecule has 4 rings (SSSR count). The zero-order valence-electron chi connectivity index (χ0n) is 19.2. The fourth-order valence-corrected chi connectivity index (χ4v) is 3.72. The summed E-state index contributed by atoms with van der Waals surface area (Å²) in [6.07, 6.45) is 1.87. The van der Waals surface area contributed by atoms with Crippen molar-refractivity contribution in [1.29, 1.82) is 0 Å².